The monoisotopic (exact) mass is 404 g/mol. The Hall–Kier alpha value is -2.17. The van der Waals surface area contributed by atoms with E-state index in [1.54, 1.807) is 24.3 Å². The number of nitrogens with one attached hydrogen (secondary N) is 2. The minimum absolute atomic E-state index is 0. The maximum absolute atomic E-state index is 13.3. The van der Waals surface area contributed by atoms with Gasteiger partial charge >= 0.3 is 6.18 Å². The molecule has 1 aliphatic rings. The van der Waals surface area contributed by atoms with E-state index < -0.39 is 24.7 Å². The van der Waals surface area contributed by atoms with Crippen molar-refractivity contribution in [3.05, 3.63) is 42.2 Å². The van der Waals surface area contributed by atoms with Gasteiger partial charge in [0.1, 0.15) is 6.04 Å². The molecule has 1 aromatic heterocycles. The van der Waals surface area contributed by atoms with Crippen LogP contribution >= 0.6 is 12.4 Å². The summed E-state index contributed by atoms with van der Waals surface area (Å²) in [4.78, 5) is 13.5. The van der Waals surface area contributed by atoms with Crippen molar-refractivity contribution in [2.45, 2.75) is 12.2 Å². The minimum Gasteiger partial charge on any atom is -0.349 e. The van der Waals surface area contributed by atoms with Gasteiger partial charge in [-0.15, -0.1) is 17.5 Å². The highest BCUT2D eigenvalue weighted by Gasteiger charge is 2.43. The van der Waals surface area contributed by atoms with Gasteiger partial charge in [-0.1, -0.05) is 23.4 Å². The van der Waals surface area contributed by atoms with Gasteiger partial charge in [0.05, 0.1) is 11.9 Å². The van der Waals surface area contributed by atoms with E-state index in [1.165, 1.54) is 15.8 Å². The van der Waals surface area contributed by atoms with Gasteiger partial charge in [-0.25, -0.2) is 4.68 Å². The van der Waals surface area contributed by atoms with Crippen LogP contribution in [0.25, 0.3) is 5.69 Å². The number of hydrogen-bond acceptors (Lipinski definition) is 5. The van der Waals surface area contributed by atoms with E-state index in [-0.39, 0.29) is 31.2 Å². The van der Waals surface area contributed by atoms with Crippen molar-refractivity contribution in [2.24, 2.45) is 0 Å². The van der Waals surface area contributed by atoms with Crippen LogP contribution in [0.1, 0.15) is 10.5 Å². The second-order valence-electron chi connectivity index (χ2n) is 5.94. The average molecular weight is 405 g/mol. The lowest BCUT2D eigenvalue weighted by atomic mass is 10.2. The lowest BCUT2D eigenvalue weighted by Gasteiger charge is -2.35. The number of benzene rings is 1. The number of piperazine rings is 1. The summed E-state index contributed by atoms with van der Waals surface area (Å²) in [5.74, 6) is -0.684. The molecule has 1 aromatic carbocycles. The van der Waals surface area contributed by atoms with Crippen molar-refractivity contribution in [2.75, 3.05) is 32.7 Å². The molecule has 0 bridgehead atoms. The number of para-hydroxylation sites is 1. The zero-order valence-electron chi connectivity index (χ0n) is 14.3. The van der Waals surface area contributed by atoms with Crippen LogP contribution < -0.4 is 10.6 Å². The molecule has 2 heterocycles. The molecule has 1 unspecified atom stereocenters. The van der Waals surface area contributed by atoms with Gasteiger partial charge in [0.2, 0.25) is 0 Å². The molecule has 1 atom stereocenters. The van der Waals surface area contributed by atoms with Gasteiger partial charge in [0.25, 0.3) is 5.91 Å². The topological polar surface area (TPSA) is 75.1 Å². The first-order valence-electron chi connectivity index (χ1n) is 8.22. The molecule has 148 valence electrons. The standard InChI is InChI=1S/C16H19F3N6O.ClH/c17-16(18,19)14(24-8-6-20-7-9-24)10-21-15(26)13-11-25(23-22-13)12-4-2-1-3-5-12;/h1-5,11,14,20H,6-10H2,(H,21,26);1H. The summed E-state index contributed by atoms with van der Waals surface area (Å²) >= 11 is 0. The number of alkyl halides is 3. The number of rotatable bonds is 5. The maximum atomic E-state index is 13.3. The minimum atomic E-state index is -4.42. The number of carbonyl (C=O) groups excluding carboxylic acids is 1. The van der Waals surface area contributed by atoms with E-state index in [9.17, 15) is 18.0 Å². The molecule has 3 rings (SSSR count). The Labute approximate surface area is 160 Å². The molecule has 0 aliphatic carbocycles. The molecule has 27 heavy (non-hydrogen) atoms. The van der Waals surface area contributed by atoms with Crippen LogP contribution in [0.5, 0.6) is 0 Å². The van der Waals surface area contributed by atoms with Crippen LogP contribution in [0.15, 0.2) is 36.5 Å². The van der Waals surface area contributed by atoms with Gasteiger partial charge in [-0.2, -0.15) is 13.2 Å². The molecular weight excluding hydrogens is 385 g/mol. The number of nitrogens with zero attached hydrogens (tertiary/aromatic N) is 4. The summed E-state index contributed by atoms with van der Waals surface area (Å²) < 4.78 is 41.4. The van der Waals surface area contributed by atoms with E-state index in [2.05, 4.69) is 20.9 Å². The third-order valence-electron chi connectivity index (χ3n) is 4.17. The average Bonchev–Trinajstić information content (AvgIpc) is 3.12. The molecule has 1 fully saturated rings. The Morgan fingerprint density at radius 1 is 1.22 bits per heavy atom. The van der Waals surface area contributed by atoms with Gasteiger partial charge in [-0.3, -0.25) is 9.69 Å². The molecule has 2 N–H and O–H groups in total. The lowest BCUT2D eigenvalue weighted by molar-refractivity contribution is -0.183. The zero-order valence-corrected chi connectivity index (χ0v) is 15.1. The van der Waals surface area contributed by atoms with Crippen molar-refractivity contribution in [1.82, 2.24) is 30.5 Å². The van der Waals surface area contributed by atoms with Crippen molar-refractivity contribution in [3.8, 4) is 5.69 Å². The smallest absolute Gasteiger partial charge is 0.349 e. The highest BCUT2D eigenvalue weighted by molar-refractivity contribution is 5.91. The van der Waals surface area contributed by atoms with Gasteiger partial charge in [0, 0.05) is 32.7 Å². The fraction of sp³-hybridized carbons (Fsp3) is 0.438. The van der Waals surface area contributed by atoms with Crippen LogP contribution in [0.3, 0.4) is 0 Å². The quantitative estimate of drug-likeness (QED) is 0.784. The number of halogens is 4. The summed E-state index contributed by atoms with van der Waals surface area (Å²) in [6, 6.07) is 7.27. The molecule has 0 spiro atoms. The van der Waals surface area contributed by atoms with Crippen molar-refractivity contribution < 1.29 is 18.0 Å². The molecule has 1 saturated heterocycles. The zero-order chi connectivity index (χ0) is 18.6. The SMILES string of the molecule is Cl.O=C(NCC(N1CCNCC1)C(F)(F)F)c1cn(-c2ccccc2)nn1. The number of carbonyl (C=O) groups is 1. The van der Waals surface area contributed by atoms with Crippen LogP contribution in [0, 0.1) is 0 Å². The Morgan fingerprint density at radius 2 is 1.89 bits per heavy atom. The van der Waals surface area contributed by atoms with Gasteiger partial charge < -0.3 is 10.6 Å². The Bertz CT molecular complexity index is 733. The molecule has 0 saturated carbocycles. The normalized spacial score (nSPS) is 16.4. The Balaban J connectivity index is 0.00000261. The van der Waals surface area contributed by atoms with Crippen molar-refractivity contribution in [1.29, 1.82) is 0 Å². The molecule has 2 aromatic rings. The van der Waals surface area contributed by atoms with Crippen LogP contribution in [-0.4, -0.2) is 70.7 Å². The first-order valence-corrected chi connectivity index (χ1v) is 8.22. The molecule has 0 radical (unpaired) electrons. The molecule has 1 amide bonds. The first kappa shape index (κ1) is 21.1. The second kappa shape index (κ2) is 9.16. The molecule has 11 heteroatoms. The largest absolute Gasteiger partial charge is 0.405 e. The van der Waals surface area contributed by atoms with Crippen molar-refractivity contribution in [3.63, 3.8) is 0 Å². The number of aromatic nitrogens is 3. The van der Waals surface area contributed by atoms with Gasteiger partial charge in [-0.05, 0) is 12.1 Å². The third kappa shape index (κ3) is 5.41. The molecular formula is C16H20ClF3N6O. The van der Waals surface area contributed by atoms with E-state index >= 15 is 0 Å². The fourth-order valence-corrected chi connectivity index (χ4v) is 2.80. The predicted molar refractivity (Wildman–Crippen MR) is 95.2 cm³/mol. The van der Waals surface area contributed by atoms with E-state index in [4.69, 9.17) is 0 Å². The summed E-state index contributed by atoms with van der Waals surface area (Å²) in [5.41, 5.74) is 0.670. The summed E-state index contributed by atoms with van der Waals surface area (Å²) in [6.07, 6.45) is -3.04. The van der Waals surface area contributed by atoms with Crippen molar-refractivity contribution >= 4 is 18.3 Å². The van der Waals surface area contributed by atoms with Crippen LogP contribution in [0.4, 0.5) is 13.2 Å². The number of amides is 1. The predicted octanol–water partition coefficient (Wildman–Crippen LogP) is 1.25. The number of hydrogen-bond donors (Lipinski definition) is 2. The van der Waals surface area contributed by atoms with Gasteiger partial charge in [0.15, 0.2) is 5.69 Å². The summed E-state index contributed by atoms with van der Waals surface area (Å²) in [5, 5.41) is 12.9. The highest BCUT2D eigenvalue weighted by atomic mass is 35.5. The van der Waals surface area contributed by atoms with E-state index in [0.29, 0.717) is 18.8 Å². The van der Waals surface area contributed by atoms with Crippen LogP contribution in [0.2, 0.25) is 0 Å². The third-order valence-corrected chi connectivity index (χ3v) is 4.17. The maximum Gasteiger partial charge on any atom is 0.405 e. The van der Waals surface area contributed by atoms with E-state index in [1.807, 2.05) is 6.07 Å². The Morgan fingerprint density at radius 3 is 2.52 bits per heavy atom. The summed E-state index contributed by atoms with van der Waals surface area (Å²) in [7, 11) is 0. The second-order valence-corrected chi connectivity index (χ2v) is 5.94. The van der Waals surface area contributed by atoms with Crippen LogP contribution in [-0.2, 0) is 0 Å². The fourth-order valence-electron chi connectivity index (χ4n) is 2.80. The molecule has 7 nitrogen and oxygen atoms in total. The highest BCUT2D eigenvalue weighted by Crippen LogP contribution is 2.24. The lowest BCUT2D eigenvalue weighted by Crippen LogP contribution is -2.57. The molecule has 1 aliphatic heterocycles. The summed E-state index contributed by atoms with van der Waals surface area (Å²) in [6.45, 7) is 1.02. The first-order chi connectivity index (χ1) is 12.4. The Kier molecular flexibility index (Phi) is 7.17. The van der Waals surface area contributed by atoms with E-state index in [0.717, 1.165) is 0 Å².